The molecule has 0 aliphatic rings. The van der Waals surface area contributed by atoms with Crippen molar-refractivity contribution in [1.29, 1.82) is 0 Å². The molecular weight excluding hydrogens is 360 g/mol. The number of hydrogen-bond donors (Lipinski definition) is 2. The van der Waals surface area contributed by atoms with Gasteiger partial charge >= 0.3 is 0 Å². The zero-order valence-corrected chi connectivity index (χ0v) is 16.8. The van der Waals surface area contributed by atoms with E-state index in [0.29, 0.717) is 25.1 Å². The van der Waals surface area contributed by atoms with Crippen LogP contribution in [-0.4, -0.2) is 31.1 Å². The van der Waals surface area contributed by atoms with Crippen LogP contribution in [0.2, 0.25) is 0 Å². The Labute approximate surface area is 164 Å². The van der Waals surface area contributed by atoms with E-state index in [9.17, 15) is 9.59 Å². The average molecular weight is 387 g/mol. The molecule has 0 atom stereocenters. The van der Waals surface area contributed by atoms with E-state index in [1.165, 1.54) is 11.3 Å². The maximum atomic E-state index is 12.6. The lowest BCUT2D eigenvalue weighted by Gasteiger charge is -2.12. The fourth-order valence-corrected chi connectivity index (χ4v) is 3.04. The maximum absolute atomic E-state index is 12.6. The molecule has 0 saturated carbocycles. The summed E-state index contributed by atoms with van der Waals surface area (Å²) < 4.78 is 5.47. The van der Waals surface area contributed by atoms with Crippen LogP contribution in [0.4, 0.5) is 0 Å². The number of ether oxygens (including phenoxy) is 1. The molecule has 0 spiro atoms. The molecular formula is C21H26N2O3S. The second-order valence-corrected chi connectivity index (χ2v) is 7.35. The third kappa shape index (κ3) is 7.00. The van der Waals surface area contributed by atoms with Crippen molar-refractivity contribution >= 4 is 29.2 Å². The summed E-state index contributed by atoms with van der Waals surface area (Å²) in [5.74, 6) is -0.607. The molecule has 0 aliphatic carbocycles. The first-order chi connectivity index (χ1) is 13.0. The molecule has 27 heavy (non-hydrogen) atoms. The molecule has 0 unspecified atom stereocenters. The second-order valence-electron chi connectivity index (χ2n) is 6.37. The molecule has 2 aromatic rings. The van der Waals surface area contributed by atoms with Crippen LogP contribution in [0.1, 0.15) is 41.1 Å². The summed E-state index contributed by atoms with van der Waals surface area (Å²) in [6, 6.07) is 11.1. The standard InChI is InChI=1S/C21H26N2O3S/c1-15(2)26-12-7-11-22-21(25)19(14-17-9-6-13-27-17)23-20(24)18-10-5-4-8-16(18)3/h4-6,8-10,13-15H,7,11-12H2,1-3H3,(H,22,25)(H,23,24)/b19-14-. The van der Waals surface area contributed by atoms with E-state index in [0.717, 1.165) is 10.4 Å². The van der Waals surface area contributed by atoms with Gasteiger partial charge in [0.15, 0.2) is 0 Å². The zero-order chi connectivity index (χ0) is 19.6. The lowest BCUT2D eigenvalue weighted by atomic mass is 10.1. The molecule has 0 bridgehead atoms. The van der Waals surface area contributed by atoms with Crippen LogP contribution < -0.4 is 10.6 Å². The Balaban J connectivity index is 2.04. The van der Waals surface area contributed by atoms with Gasteiger partial charge in [-0.3, -0.25) is 9.59 Å². The van der Waals surface area contributed by atoms with Gasteiger partial charge in [-0.1, -0.05) is 24.3 Å². The predicted molar refractivity (Wildman–Crippen MR) is 110 cm³/mol. The van der Waals surface area contributed by atoms with E-state index >= 15 is 0 Å². The molecule has 2 rings (SSSR count). The second kappa shape index (κ2) is 10.6. The smallest absolute Gasteiger partial charge is 0.267 e. The van der Waals surface area contributed by atoms with Crippen molar-refractivity contribution in [2.24, 2.45) is 0 Å². The molecule has 6 heteroatoms. The Morgan fingerprint density at radius 1 is 1.19 bits per heavy atom. The Morgan fingerprint density at radius 3 is 2.63 bits per heavy atom. The fraction of sp³-hybridized carbons (Fsp3) is 0.333. The quantitative estimate of drug-likeness (QED) is 0.509. The molecule has 0 saturated heterocycles. The third-order valence-electron chi connectivity index (χ3n) is 3.77. The number of rotatable bonds is 9. The molecule has 1 aromatic carbocycles. The normalized spacial score (nSPS) is 11.5. The highest BCUT2D eigenvalue weighted by Gasteiger charge is 2.15. The van der Waals surface area contributed by atoms with Crippen LogP contribution in [0.25, 0.3) is 6.08 Å². The van der Waals surface area contributed by atoms with Gasteiger partial charge in [0.1, 0.15) is 5.70 Å². The van der Waals surface area contributed by atoms with E-state index < -0.39 is 0 Å². The fourth-order valence-electron chi connectivity index (χ4n) is 2.38. The largest absolute Gasteiger partial charge is 0.379 e. The molecule has 5 nitrogen and oxygen atoms in total. The number of amides is 2. The number of aryl methyl sites for hydroxylation is 1. The van der Waals surface area contributed by atoms with Crippen LogP contribution in [0.5, 0.6) is 0 Å². The van der Waals surface area contributed by atoms with Gasteiger partial charge in [0.2, 0.25) is 0 Å². The van der Waals surface area contributed by atoms with E-state index in [1.54, 1.807) is 18.2 Å². The van der Waals surface area contributed by atoms with Gasteiger partial charge in [-0.25, -0.2) is 0 Å². The molecule has 2 amide bonds. The van der Waals surface area contributed by atoms with Gasteiger partial charge in [0.05, 0.1) is 6.10 Å². The topological polar surface area (TPSA) is 67.4 Å². The van der Waals surface area contributed by atoms with Crippen molar-refractivity contribution in [3.8, 4) is 0 Å². The molecule has 0 radical (unpaired) electrons. The maximum Gasteiger partial charge on any atom is 0.267 e. The lowest BCUT2D eigenvalue weighted by Crippen LogP contribution is -2.35. The van der Waals surface area contributed by atoms with Crippen LogP contribution in [0.3, 0.4) is 0 Å². The summed E-state index contributed by atoms with van der Waals surface area (Å²) in [7, 11) is 0. The molecule has 1 heterocycles. The van der Waals surface area contributed by atoms with Crippen LogP contribution in [0, 0.1) is 6.92 Å². The minimum absolute atomic E-state index is 0.170. The van der Waals surface area contributed by atoms with Crippen molar-refractivity contribution in [1.82, 2.24) is 10.6 Å². The highest BCUT2D eigenvalue weighted by Crippen LogP contribution is 2.14. The summed E-state index contributed by atoms with van der Waals surface area (Å²) in [4.78, 5) is 26.1. The molecule has 2 N–H and O–H groups in total. The predicted octanol–water partition coefficient (Wildman–Crippen LogP) is 3.76. The summed E-state index contributed by atoms with van der Waals surface area (Å²) in [5, 5.41) is 7.52. The summed E-state index contributed by atoms with van der Waals surface area (Å²) >= 11 is 1.50. The minimum Gasteiger partial charge on any atom is -0.379 e. The van der Waals surface area contributed by atoms with E-state index in [1.807, 2.05) is 50.4 Å². The molecule has 0 fully saturated rings. The summed E-state index contributed by atoms with van der Waals surface area (Å²) in [6.07, 6.45) is 2.58. The Hall–Kier alpha value is -2.44. The number of nitrogens with one attached hydrogen (secondary N) is 2. The Morgan fingerprint density at radius 2 is 1.96 bits per heavy atom. The lowest BCUT2D eigenvalue weighted by molar-refractivity contribution is -0.117. The number of benzene rings is 1. The number of carbonyl (C=O) groups excluding carboxylic acids is 2. The van der Waals surface area contributed by atoms with Crippen LogP contribution >= 0.6 is 11.3 Å². The summed E-state index contributed by atoms with van der Waals surface area (Å²) in [6.45, 7) is 6.88. The highest BCUT2D eigenvalue weighted by atomic mass is 32.1. The van der Waals surface area contributed by atoms with Crippen molar-refractivity contribution in [3.05, 3.63) is 63.5 Å². The van der Waals surface area contributed by atoms with E-state index in [-0.39, 0.29) is 23.6 Å². The van der Waals surface area contributed by atoms with Gasteiger partial charge in [-0.2, -0.15) is 0 Å². The van der Waals surface area contributed by atoms with Crippen molar-refractivity contribution in [2.75, 3.05) is 13.2 Å². The van der Waals surface area contributed by atoms with Crippen LogP contribution in [-0.2, 0) is 9.53 Å². The van der Waals surface area contributed by atoms with Crippen molar-refractivity contribution < 1.29 is 14.3 Å². The van der Waals surface area contributed by atoms with Gasteiger partial charge < -0.3 is 15.4 Å². The first-order valence-electron chi connectivity index (χ1n) is 8.99. The molecule has 1 aromatic heterocycles. The zero-order valence-electron chi connectivity index (χ0n) is 16.0. The van der Waals surface area contributed by atoms with Gasteiger partial charge in [-0.05, 0) is 56.3 Å². The van der Waals surface area contributed by atoms with Crippen molar-refractivity contribution in [3.63, 3.8) is 0 Å². The SMILES string of the molecule is Cc1ccccc1C(=O)N/C(=C\c1cccs1)C(=O)NCCCOC(C)C. The monoisotopic (exact) mass is 386 g/mol. The minimum atomic E-state index is -0.310. The highest BCUT2D eigenvalue weighted by molar-refractivity contribution is 7.10. The first kappa shape index (κ1) is 20.9. The van der Waals surface area contributed by atoms with Gasteiger partial charge in [-0.15, -0.1) is 11.3 Å². The molecule has 144 valence electrons. The Bertz CT molecular complexity index is 782. The van der Waals surface area contributed by atoms with E-state index in [4.69, 9.17) is 4.74 Å². The summed E-state index contributed by atoms with van der Waals surface area (Å²) in [5.41, 5.74) is 1.64. The third-order valence-corrected chi connectivity index (χ3v) is 4.59. The first-order valence-corrected chi connectivity index (χ1v) is 9.87. The number of thiophene rings is 1. The van der Waals surface area contributed by atoms with Gasteiger partial charge in [0.25, 0.3) is 11.8 Å². The average Bonchev–Trinajstić information content (AvgIpc) is 3.14. The van der Waals surface area contributed by atoms with Crippen molar-refractivity contribution in [2.45, 2.75) is 33.3 Å². The number of carbonyl (C=O) groups is 2. The van der Waals surface area contributed by atoms with E-state index in [2.05, 4.69) is 10.6 Å². The van der Waals surface area contributed by atoms with Crippen LogP contribution in [0.15, 0.2) is 47.5 Å². The molecule has 0 aliphatic heterocycles. The number of hydrogen-bond acceptors (Lipinski definition) is 4. The van der Waals surface area contributed by atoms with Gasteiger partial charge in [0, 0.05) is 23.6 Å². The Kier molecular flexibility index (Phi) is 8.23.